The van der Waals surface area contributed by atoms with E-state index in [1.54, 1.807) is 0 Å². The summed E-state index contributed by atoms with van der Waals surface area (Å²) in [5.41, 5.74) is 0.942. The van der Waals surface area contributed by atoms with E-state index in [1.807, 2.05) is 0 Å². The van der Waals surface area contributed by atoms with Gasteiger partial charge in [0.25, 0.3) is 11.1 Å². The second-order valence-corrected chi connectivity index (χ2v) is 13.7. The van der Waals surface area contributed by atoms with Crippen LogP contribution < -0.4 is 32.4 Å². The molecule has 2 rings (SSSR count). The van der Waals surface area contributed by atoms with E-state index in [-0.39, 0.29) is 35.1 Å². The van der Waals surface area contributed by atoms with E-state index in [0.29, 0.717) is 24.9 Å². The van der Waals surface area contributed by atoms with Gasteiger partial charge in [-0.25, -0.2) is 19.6 Å². The fourth-order valence-electron chi connectivity index (χ4n) is 6.19. The molecule has 0 aliphatic rings. The number of aromatic nitrogens is 4. The van der Waals surface area contributed by atoms with E-state index in [0.717, 1.165) is 101 Å². The molecule has 12 nitrogen and oxygen atoms in total. The Morgan fingerprint density at radius 3 is 1.28 bits per heavy atom. The van der Waals surface area contributed by atoms with Crippen LogP contribution >= 0.6 is 0 Å². The van der Waals surface area contributed by atoms with E-state index in [4.69, 9.17) is 0 Å². The van der Waals surface area contributed by atoms with Gasteiger partial charge in [0.1, 0.15) is 0 Å². The number of hydrogen-bond donors (Lipinski definition) is 6. The van der Waals surface area contributed by atoms with Crippen molar-refractivity contribution in [1.29, 1.82) is 0 Å². The van der Waals surface area contributed by atoms with Crippen LogP contribution in [0, 0.1) is 11.8 Å². The van der Waals surface area contributed by atoms with Crippen LogP contribution in [0.4, 0.5) is 21.5 Å². The second kappa shape index (κ2) is 26.2. The summed E-state index contributed by atoms with van der Waals surface area (Å²) in [6.07, 6.45) is 21.4. The van der Waals surface area contributed by atoms with Gasteiger partial charge in [-0.15, -0.1) is 0 Å². The molecular formula is C38H66N8O4. The first-order valence-electron chi connectivity index (χ1n) is 19.6. The summed E-state index contributed by atoms with van der Waals surface area (Å²) < 4.78 is 0. The summed E-state index contributed by atoms with van der Waals surface area (Å²) >= 11 is 0. The number of carbonyl (C=O) groups excluding carboxylic acids is 2. The molecule has 6 N–H and O–H groups in total. The number of anilines is 2. The summed E-state index contributed by atoms with van der Waals surface area (Å²) in [4.78, 5) is 63.0. The van der Waals surface area contributed by atoms with E-state index in [1.165, 1.54) is 50.7 Å². The third-order valence-corrected chi connectivity index (χ3v) is 9.31. The van der Waals surface area contributed by atoms with Gasteiger partial charge in [0, 0.05) is 25.2 Å². The average Bonchev–Trinajstić information content (AvgIpc) is 3.08. The van der Waals surface area contributed by atoms with Crippen molar-refractivity contribution in [2.75, 3.05) is 23.7 Å². The normalized spacial score (nSPS) is 12.3. The average molecular weight is 699 g/mol. The highest BCUT2D eigenvalue weighted by Gasteiger charge is 2.13. The van der Waals surface area contributed by atoms with E-state index >= 15 is 0 Å². The lowest BCUT2D eigenvalue weighted by atomic mass is 9.94. The van der Waals surface area contributed by atoms with Crippen LogP contribution in [0.5, 0.6) is 0 Å². The third kappa shape index (κ3) is 19.5. The number of rotatable bonds is 27. The highest BCUT2D eigenvalue weighted by atomic mass is 16.2. The van der Waals surface area contributed by atoms with Gasteiger partial charge in [-0.2, -0.15) is 0 Å². The van der Waals surface area contributed by atoms with Crippen molar-refractivity contribution >= 4 is 24.0 Å². The highest BCUT2D eigenvalue weighted by molar-refractivity contribution is 5.87. The first-order valence-corrected chi connectivity index (χ1v) is 19.6. The zero-order valence-corrected chi connectivity index (χ0v) is 31.4. The lowest BCUT2D eigenvalue weighted by Gasteiger charge is -2.14. The fraction of sp³-hybridized carbons (Fsp3) is 0.737. The van der Waals surface area contributed by atoms with Crippen molar-refractivity contribution in [1.82, 2.24) is 30.6 Å². The van der Waals surface area contributed by atoms with E-state index < -0.39 is 0 Å². The Balaban J connectivity index is 1.48. The number of urea groups is 2. The Labute approximate surface area is 299 Å². The quantitative estimate of drug-likeness (QED) is 0.0513. The molecule has 0 saturated heterocycles. The minimum Gasteiger partial charge on any atom is -0.338 e. The zero-order chi connectivity index (χ0) is 36.4. The number of amides is 4. The number of nitrogens with one attached hydrogen (secondary N) is 6. The summed E-state index contributed by atoms with van der Waals surface area (Å²) in [5, 5.41) is 11.1. The number of hydrogen-bond acceptors (Lipinski definition) is 6. The SMILES string of the molecule is CCCCC(CC)Cc1cc(=O)[nH]c(NC(=O)NCCCCCCCCCCCCNC(=O)Nc2nc(CC(CC)CCCC)cc(=O)[nH]2)n1. The number of carbonyl (C=O) groups is 2. The molecule has 2 heterocycles. The number of H-pyrrole nitrogens is 2. The topological polar surface area (TPSA) is 174 Å². The summed E-state index contributed by atoms with van der Waals surface area (Å²) in [7, 11) is 0. The molecule has 0 aliphatic carbocycles. The van der Waals surface area contributed by atoms with Gasteiger partial charge in [0.2, 0.25) is 11.9 Å². The van der Waals surface area contributed by atoms with Gasteiger partial charge >= 0.3 is 12.1 Å². The molecule has 12 heteroatoms. The maximum atomic E-state index is 12.3. The number of aromatic amines is 2. The number of unbranched alkanes of at least 4 members (excludes halogenated alkanes) is 11. The molecule has 4 amide bonds. The molecule has 0 radical (unpaired) electrons. The number of nitrogens with zero attached hydrogens (tertiary/aromatic N) is 2. The minimum absolute atomic E-state index is 0.197. The summed E-state index contributed by atoms with van der Waals surface area (Å²) in [6, 6.07) is 2.35. The van der Waals surface area contributed by atoms with Crippen molar-refractivity contribution in [3.05, 3.63) is 44.2 Å². The molecule has 2 atom stereocenters. The Bertz CT molecular complexity index is 1240. The van der Waals surface area contributed by atoms with Gasteiger partial charge in [0.05, 0.1) is 11.4 Å². The van der Waals surface area contributed by atoms with Crippen molar-refractivity contribution in [2.24, 2.45) is 11.8 Å². The molecule has 0 spiro atoms. The highest BCUT2D eigenvalue weighted by Crippen LogP contribution is 2.18. The predicted molar refractivity (Wildman–Crippen MR) is 204 cm³/mol. The lowest BCUT2D eigenvalue weighted by Crippen LogP contribution is -2.31. The molecule has 0 fully saturated rings. The van der Waals surface area contributed by atoms with Gasteiger partial charge in [-0.3, -0.25) is 30.2 Å². The summed E-state index contributed by atoms with van der Waals surface area (Å²) in [6.45, 7) is 9.84. The van der Waals surface area contributed by atoms with Gasteiger partial charge in [-0.1, -0.05) is 130 Å². The molecule has 50 heavy (non-hydrogen) atoms. The summed E-state index contributed by atoms with van der Waals surface area (Å²) in [5.74, 6) is 1.37. The van der Waals surface area contributed by atoms with Crippen LogP contribution in [0.25, 0.3) is 0 Å². The smallest absolute Gasteiger partial charge is 0.321 e. The van der Waals surface area contributed by atoms with Crippen LogP contribution in [0.15, 0.2) is 21.7 Å². The predicted octanol–water partition coefficient (Wildman–Crippen LogP) is 8.22. The van der Waals surface area contributed by atoms with Crippen LogP contribution in [0.1, 0.15) is 155 Å². The van der Waals surface area contributed by atoms with Crippen molar-refractivity contribution in [3.63, 3.8) is 0 Å². The molecule has 0 bridgehead atoms. The van der Waals surface area contributed by atoms with Crippen molar-refractivity contribution < 1.29 is 9.59 Å². The molecule has 2 aromatic heterocycles. The molecule has 0 saturated carbocycles. The van der Waals surface area contributed by atoms with Gasteiger partial charge in [-0.05, 0) is 37.5 Å². The second-order valence-electron chi connectivity index (χ2n) is 13.7. The Morgan fingerprint density at radius 1 is 0.580 bits per heavy atom. The Hall–Kier alpha value is -3.70. The maximum absolute atomic E-state index is 12.3. The molecule has 0 aliphatic heterocycles. The van der Waals surface area contributed by atoms with E-state index in [9.17, 15) is 19.2 Å². The Morgan fingerprint density at radius 2 is 0.940 bits per heavy atom. The molecule has 2 aromatic rings. The van der Waals surface area contributed by atoms with Gasteiger partial charge < -0.3 is 10.6 Å². The standard InChI is InChI=1S/C38H66N8O4/c1-5-9-21-29(7-3)25-31-27-33(47)43-35(41-31)45-37(49)39-23-19-17-15-13-11-12-14-16-18-20-24-40-38(50)46-36-42-32(28-34(48)44-36)26-30(8-4)22-10-6-2/h27-30H,5-26H2,1-4H3,(H3,39,41,43,45,47,49)(H3,40,42,44,46,48,50). The van der Waals surface area contributed by atoms with Crippen LogP contribution in [-0.4, -0.2) is 45.1 Å². The third-order valence-electron chi connectivity index (χ3n) is 9.31. The molecule has 282 valence electrons. The first-order chi connectivity index (χ1) is 24.3. The molecular weight excluding hydrogens is 632 g/mol. The van der Waals surface area contributed by atoms with E-state index in [2.05, 4.69) is 68.9 Å². The largest absolute Gasteiger partial charge is 0.338 e. The fourth-order valence-corrected chi connectivity index (χ4v) is 6.19. The van der Waals surface area contributed by atoms with Crippen LogP contribution in [-0.2, 0) is 12.8 Å². The van der Waals surface area contributed by atoms with Crippen molar-refractivity contribution in [3.8, 4) is 0 Å². The molecule has 0 aromatic carbocycles. The lowest BCUT2D eigenvalue weighted by molar-refractivity contribution is 0.251. The molecule has 2 unspecified atom stereocenters. The van der Waals surface area contributed by atoms with Crippen molar-refractivity contribution in [2.45, 2.75) is 156 Å². The minimum atomic E-state index is -0.351. The first kappa shape index (κ1) is 42.5. The van der Waals surface area contributed by atoms with Gasteiger partial charge in [0.15, 0.2) is 0 Å². The Kier molecular flexibility index (Phi) is 22.2. The van der Waals surface area contributed by atoms with Crippen LogP contribution in [0.3, 0.4) is 0 Å². The monoisotopic (exact) mass is 699 g/mol. The maximum Gasteiger partial charge on any atom is 0.321 e. The van der Waals surface area contributed by atoms with Crippen LogP contribution in [0.2, 0.25) is 0 Å². The zero-order valence-electron chi connectivity index (χ0n) is 31.4.